The first-order chi connectivity index (χ1) is 13.2. The number of thiazole rings is 2. The van der Waals surface area contributed by atoms with Gasteiger partial charge in [-0.15, -0.1) is 22.7 Å². The molecule has 0 aliphatic carbocycles. The van der Waals surface area contributed by atoms with E-state index in [0.29, 0.717) is 18.8 Å². The van der Waals surface area contributed by atoms with Crippen LogP contribution in [-0.4, -0.2) is 15.9 Å². The van der Waals surface area contributed by atoms with Gasteiger partial charge < -0.3 is 10.1 Å². The lowest BCUT2D eigenvalue weighted by Gasteiger charge is -2.04. The second-order valence-corrected chi connectivity index (χ2v) is 8.04. The van der Waals surface area contributed by atoms with Crippen molar-refractivity contribution in [2.45, 2.75) is 20.1 Å². The molecule has 0 unspecified atom stereocenters. The molecule has 2 aromatic heterocycles. The largest absolute Gasteiger partial charge is 0.486 e. The Balaban J connectivity index is 1.33. The lowest BCUT2D eigenvalue weighted by molar-refractivity contribution is 0.0946. The van der Waals surface area contributed by atoms with E-state index in [1.165, 1.54) is 16.9 Å². The first kappa shape index (κ1) is 17.6. The summed E-state index contributed by atoms with van der Waals surface area (Å²) in [5, 5.41) is 6.28. The molecule has 2 aromatic carbocycles. The van der Waals surface area contributed by atoms with Crippen molar-refractivity contribution in [3.8, 4) is 5.75 Å². The van der Waals surface area contributed by atoms with Gasteiger partial charge in [0, 0.05) is 5.38 Å². The number of benzene rings is 2. The third kappa shape index (κ3) is 4.32. The summed E-state index contributed by atoms with van der Waals surface area (Å²) in [7, 11) is 0. The molecule has 0 saturated heterocycles. The number of aromatic nitrogens is 2. The number of nitrogens with zero attached hydrogens (tertiary/aromatic N) is 2. The van der Waals surface area contributed by atoms with Crippen molar-refractivity contribution in [1.29, 1.82) is 0 Å². The summed E-state index contributed by atoms with van der Waals surface area (Å²) >= 11 is 3.00. The van der Waals surface area contributed by atoms with Crippen LogP contribution in [0.15, 0.2) is 53.9 Å². The fourth-order valence-corrected chi connectivity index (χ4v) is 4.10. The molecule has 4 rings (SSSR count). The van der Waals surface area contributed by atoms with Gasteiger partial charge in [-0.2, -0.15) is 0 Å². The van der Waals surface area contributed by atoms with E-state index in [1.54, 1.807) is 16.7 Å². The molecular weight excluding hydrogens is 378 g/mol. The van der Waals surface area contributed by atoms with Gasteiger partial charge in [-0.3, -0.25) is 4.79 Å². The smallest absolute Gasteiger partial charge is 0.271 e. The molecule has 5 nitrogen and oxygen atoms in total. The molecule has 4 aromatic rings. The number of ether oxygens (including phenoxy) is 1. The molecule has 0 saturated carbocycles. The number of hydrogen-bond donors (Lipinski definition) is 1. The zero-order valence-electron chi connectivity index (χ0n) is 14.6. The van der Waals surface area contributed by atoms with E-state index in [4.69, 9.17) is 4.74 Å². The average Bonchev–Trinajstić information content (AvgIpc) is 3.32. The lowest BCUT2D eigenvalue weighted by atomic mass is 10.2. The number of aryl methyl sites for hydroxylation is 1. The summed E-state index contributed by atoms with van der Waals surface area (Å²) in [4.78, 5) is 21.2. The molecule has 0 bridgehead atoms. The van der Waals surface area contributed by atoms with E-state index in [9.17, 15) is 4.79 Å². The van der Waals surface area contributed by atoms with Crippen LogP contribution < -0.4 is 10.1 Å². The Morgan fingerprint density at radius 3 is 2.70 bits per heavy atom. The minimum atomic E-state index is -0.202. The number of amides is 1. The standard InChI is InChI=1S/C20H17N3O2S2/c1-13-6-8-14(9-7-13)25-11-19-23-16(12-26-19)20(24)21-10-18-22-15-4-2-3-5-17(15)27-18/h2-9,12H,10-11H2,1H3,(H,21,24). The van der Waals surface area contributed by atoms with Gasteiger partial charge in [0.15, 0.2) is 0 Å². The molecule has 27 heavy (non-hydrogen) atoms. The Labute approximate surface area is 164 Å². The van der Waals surface area contributed by atoms with Crippen LogP contribution in [0, 0.1) is 6.92 Å². The third-order valence-electron chi connectivity index (χ3n) is 3.91. The quantitative estimate of drug-likeness (QED) is 0.519. The Bertz CT molecular complexity index is 1040. The number of nitrogens with one attached hydrogen (secondary N) is 1. The van der Waals surface area contributed by atoms with Crippen molar-refractivity contribution in [3.05, 3.63) is 75.2 Å². The Hall–Kier alpha value is -2.77. The van der Waals surface area contributed by atoms with Crippen molar-refractivity contribution in [2.24, 2.45) is 0 Å². The van der Waals surface area contributed by atoms with Crippen LogP contribution in [0.5, 0.6) is 5.75 Å². The number of hydrogen-bond acceptors (Lipinski definition) is 6. The number of carbonyl (C=O) groups is 1. The van der Waals surface area contributed by atoms with Crippen molar-refractivity contribution >= 4 is 38.8 Å². The van der Waals surface area contributed by atoms with Gasteiger partial charge >= 0.3 is 0 Å². The predicted molar refractivity (Wildman–Crippen MR) is 108 cm³/mol. The highest BCUT2D eigenvalue weighted by Crippen LogP contribution is 2.21. The SMILES string of the molecule is Cc1ccc(OCc2nc(C(=O)NCc3nc4ccccc4s3)cs2)cc1. The van der Waals surface area contributed by atoms with E-state index in [0.717, 1.165) is 26.0 Å². The van der Waals surface area contributed by atoms with Gasteiger partial charge in [-0.05, 0) is 31.2 Å². The molecule has 0 radical (unpaired) electrons. The van der Waals surface area contributed by atoms with E-state index in [1.807, 2.05) is 55.5 Å². The highest BCUT2D eigenvalue weighted by molar-refractivity contribution is 7.18. The number of para-hydroxylation sites is 1. The predicted octanol–water partition coefficient (Wildman–Crippen LogP) is 4.57. The van der Waals surface area contributed by atoms with E-state index >= 15 is 0 Å². The molecule has 136 valence electrons. The van der Waals surface area contributed by atoms with Crippen LogP contribution in [0.25, 0.3) is 10.2 Å². The number of carbonyl (C=O) groups excluding carboxylic acids is 1. The van der Waals surface area contributed by atoms with E-state index in [2.05, 4.69) is 15.3 Å². The Morgan fingerprint density at radius 2 is 1.89 bits per heavy atom. The second-order valence-electron chi connectivity index (χ2n) is 5.99. The minimum Gasteiger partial charge on any atom is -0.486 e. The van der Waals surface area contributed by atoms with Gasteiger partial charge in [0.05, 0.1) is 16.8 Å². The highest BCUT2D eigenvalue weighted by Gasteiger charge is 2.12. The van der Waals surface area contributed by atoms with Crippen molar-refractivity contribution in [3.63, 3.8) is 0 Å². The minimum absolute atomic E-state index is 0.202. The summed E-state index contributed by atoms with van der Waals surface area (Å²) in [6.07, 6.45) is 0. The fraction of sp³-hybridized carbons (Fsp3) is 0.150. The lowest BCUT2D eigenvalue weighted by Crippen LogP contribution is -2.23. The summed E-state index contributed by atoms with van der Waals surface area (Å²) in [6.45, 7) is 2.77. The first-order valence-electron chi connectivity index (χ1n) is 8.44. The molecule has 0 aliphatic rings. The maximum Gasteiger partial charge on any atom is 0.271 e. The van der Waals surface area contributed by atoms with Crippen LogP contribution in [0.4, 0.5) is 0 Å². The maximum absolute atomic E-state index is 12.3. The third-order valence-corrected chi connectivity index (χ3v) is 5.76. The van der Waals surface area contributed by atoms with Gasteiger partial charge in [-0.25, -0.2) is 9.97 Å². The molecule has 0 aliphatic heterocycles. The van der Waals surface area contributed by atoms with E-state index in [-0.39, 0.29) is 5.91 Å². The van der Waals surface area contributed by atoms with Crippen LogP contribution >= 0.6 is 22.7 Å². The second kappa shape index (κ2) is 7.85. The molecule has 0 atom stereocenters. The maximum atomic E-state index is 12.3. The van der Waals surface area contributed by atoms with Crippen LogP contribution in [0.2, 0.25) is 0 Å². The van der Waals surface area contributed by atoms with Crippen LogP contribution in [0.3, 0.4) is 0 Å². The van der Waals surface area contributed by atoms with Crippen molar-refractivity contribution < 1.29 is 9.53 Å². The molecular formula is C20H17N3O2S2. The summed E-state index contributed by atoms with van der Waals surface area (Å²) in [5.41, 5.74) is 2.54. The highest BCUT2D eigenvalue weighted by atomic mass is 32.1. The fourth-order valence-electron chi connectivity index (χ4n) is 2.50. The van der Waals surface area contributed by atoms with Crippen LogP contribution in [-0.2, 0) is 13.2 Å². The normalized spacial score (nSPS) is 10.9. The van der Waals surface area contributed by atoms with Crippen molar-refractivity contribution in [2.75, 3.05) is 0 Å². The average molecular weight is 396 g/mol. The van der Waals surface area contributed by atoms with Gasteiger partial charge in [-0.1, -0.05) is 29.8 Å². The monoisotopic (exact) mass is 395 g/mol. The molecule has 0 fully saturated rings. The summed E-state index contributed by atoms with van der Waals surface area (Å²) < 4.78 is 6.83. The number of rotatable bonds is 6. The van der Waals surface area contributed by atoms with Crippen molar-refractivity contribution in [1.82, 2.24) is 15.3 Å². The topological polar surface area (TPSA) is 64.1 Å². The number of fused-ring (bicyclic) bond motifs is 1. The molecule has 2 heterocycles. The Morgan fingerprint density at radius 1 is 1.07 bits per heavy atom. The molecule has 7 heteroatoms. The van der Waals surface area contributed by atoms with Gasteiger partial charge in [0.25, 0.3) is 5.91 Å². The van der Waals surface area contributed by atoms with E-state index < -0.39 is 0 Å². The molecule has 1 N–H and O–H groups in total. The zero-order chi connectivity index (χ0) is 18.6. The first-order valence-corrected chi connectivity index (χ1v) is 10.1. The zero-order valence-corrected chi connectivity index (χ0v) is 16.3. The van der Waals surface area contributed by atoms with Gasteiger partial charge in [0.1, 0.15) is 28.1 Å². The summed E-state index contributed by atoms with van der Waals surface area (Å²) in [6, 6.07) is 15.8. The molecule has 0 spiro atoms. The van der Waals surface area contributed by atoms with Gasteiger partial charge in [0.2, 0.25) is 0 Å². The Kier molecular flexibility index (Phi) is 5.13. The summed E-state index contributed by atoms with van der Waals surface area (Å²) in [5.74, 6) is 0.588. The molecule has 1 amide bonds. The van der Waals surface area contributed by atoms with Crippen LogP contribution in [0.1, 0.15) is 26.1 Å².